The molecule has 6 nitrogen and oxygen atoms in total. The van der Waals surface area contributed by atoms with E-state index in [1.54, 1.807) is 0 Å². The van der Waals surface area contributed by atoms with E-state index in [9.17, 15) is 4.79 Å². The van der Waals surface area contributed by atoms with Gasteiger partial charge in [0, 0.05) is 31.6 Å². The maximum atomic E-state index is 11.9. The van der Waals surface area contributed by atoms with E-state index in [0.29, 0.717) is 13.1 Å². The number of nitrogens with one attached hydrogen (secondary N) is 1. The molecule has 0 spiro atoms. The number of carbonyl (C=O) groups excluding carboxylic acids is 1. The Kier molecular flexibility index (Phi) is 7.22. The minimum atomic E-state index is 0. The van der Waals surface area contributed by atoms with Gasteiger partial charge in [0.25, 0.3) is 0 Å². The Morgan fingerprint density at radius 2 is 2.47 bits per heavy atom. The Bertz CT molecular complexity index is 375. The van der Waals surface area contributed by atoms with Gasteiger partial charge >= 0.3 is 0 Å². The smallest absolute Gasteiger partial charge is 0.224 e. The van der Waals surface area contributed by atoms with Crippen LogP contribution in [-0.2, 0) is 11.3 Å². The maximum Gasteiger partial charge on any atom is 0.224 e. The van der Waals surface area contributed by atoms with Crippen LogP contribution in [-0.4, -0.2) is 46.6 Å². The van der Waals surface area contributed by atoms with Crippen molar-refractivity contribution in [2.75, 3.05) is 26.2 Å². The van der Waals surface area contributed by atoms with Crippen molar-refractivity contribution in [1.29, 1.82) is 0 Å². The molecule has 1 aliphatic heterocycles. The van der Waals surface area contributed by atoms with Crippen LogP contribution < -0.4 is 11.1 Å². The van der Waals surface area contributed by atoms with Crippen LogP contribution in [0.15, 0.2) is 5.38 Å². The molecule has 1 aromatic heterocycles. The number of hydrogen-bond acceptors (Lipinski definition) is 6. The number of rotatable bonds is 5. The quantitative estimate of drug-likeness (QED) is 0.814. The highest BCUT2D eigenvalue weighted by Gasteiger charge is 2.25. The normalized spacial score (nSPS) is 19.7. The fraction of sp³-hybridized carbons (Fsp3) is 0.727. The van der Waals surface area contributed by atoms with Gasteiger partial charge in [-0.15, -0.1) is 17.5 Å². The molecule has 1 aromatic rings. The zero-order valence-corrected chi connectivity index (χ0v) is 12.4. The predicted octanol–water partition coefficient (Wildman–Crippen LogP) is 0.247. The fourth-order valence-corrected chi connectivity index (χ4v) is 2.68. The first-order chi connectivity index (χ1) is 8.79. The molecule has 0 aliphatic carbocycles. The molecule has 8 heteroatoms. The van der Waals surface area contributed by atoms with Crippen LogP contribution in [0.1, 0.15) is 18.5 Å². The number of carbonyl (C=O) groups is 1. The van der Waals surface area contributed by atoms with Crippen molar-refractivity contribution in [2.45, 2.75) is 19.4 Å². The summed E-state index contributed by atoms with van der Waals surface area (Å²) in [4.78, 5) is 14.2. The number of hydrogen-bond donors (Lipinski definition) is 2. The molecule has 0 bridgehead atoms. The first kappa shape index (κ1) is 16.3. The first-order valence-electron chi connectivity index (χ1n) is 6.25. The molecule has 1 atom stereocenters. The Morgan fingerprint density at radius 1 is 1.63 bits per heavy atom. The highest BCUT2D eigenvalue weighted by Crippen LogP contribution is 2.18. The van der Waals surface area contributed by atoms with E-state index in [2.05, 4.69) is 19.8 Å². The van der Waals surface area contributed by atoms with Gasteiger partial charge in [0.2, 0.25) is 5.91 Å². The fourth-order valence-electron chi connectivity index (χ4n) is 2.23. The minimum Gasteiger partial charge on any atom is -0.355 e. The second-order valence-corrected chi connectivity index (χ2v) is 5.16. The third-order valence-electron chi connectivity index (χ3n) is 3.11. The lowest BCUT2D eigenvalue weighted by atomic mass is 9.97. The second kappa shape index (κ2) is 8.42. The second-order valence-electron chi connectivity index (χ2n) is 4.55. The zero-order chi connectivity index (χ0) is 12.8. The molecule has 1 aliphatic rings. The molecule has 19 heavy (non-hydrogen) atoms. The summed E-state index contributed by atoms with van der Waals surface area (Å²) in [7, 11) is 0. The summed E-state index contributed by atoms with van der Waals surface area (Å²) in [5.41, 5.74) is 6.37. The molecular weight excluding hydrogens is 286 g/mol. The molecule has 1 fully saturated rings. The summed E-state index contributed by atoms with van der Waals surface area (Å²) in [6.07, 6.45) is 2.01. The Balaban J connectivity index is 0.00000180. The summed E-state index contributed by atoms with van der Waals surface area (Å²) in [5, 5.41) is 8.86. The predicted molar refractivity (Wildman–Crippen MR) is 77.2 cm³/mol. The van der Waals surface area contributed by atoms with E-state index in [0.717, 1.165) is 38.2 Å². The Morgan fingerprint density at radius 3 is 3.16 bits per heavy atom. The molecule has 2 heterocycles. The van der Waals surface area contributed by atoms with Gasteiger partial charge in [-0.25, -0.2) is 0 Å². The number of amides is 1. The van der Waals surface area contributed by atoms with Crippen LogP contribution in [0.3, 0.4) is 0 Å². The number of piperidine rings is 1. The summed E-state index contributed by atoms with van der Waals surface area (Å²) < 4.78 is 3.85. The lowest BCUT2D eigenvalue weighted by Gasteiger charge is -2.31. The van der Waals surface area contributed by atoms with Crippen LogP contribution in [0.4, 0.5) is 0 Å². The molecule has 1 saturated heterocycles. The third kappa shape index (κ3) is 5.02. The summed E-state index contributed by atoms with van der Waals surface area (Å²) >= 11 is 1.37. The van der Waals surface area contributed by atoms with Gasteiger partial charge in [0.05, 0.1) is 11.6 Å². The average Bonchev–Trinajstić information content (AvgIpc) is 2.89. The molecule has 0 saturated carbocycles. The van der Waals surface area contributed by atoms with Gasteiger partial charge in [-0.2, -0.15) is 0 Å². The summed E-state index contributed by atoms with van der Waals surface area (Å²) in [5.74, 6) is 0.207. The Labute approximate surface area is 123 Å². The molecule has 2 rings (SSSR count). The topological polar surface area (TPSA) is 84.1 Å². The van der Waals surface area contributed by atoms with Crippen LogP contribution in [0, 0.1) is 5.92 Å². The highest BCUT2D eigenvalue weighted by atomic mass is 35.5. The van der Waals surface area contributed by atoms with Gasteiger partial charge < -0.3 is 11.1 Å². The van der Waals surface area contributed by atoms with Crippen molar-refractivity contribution in [1.82, 2.24) is 19.8 Å². The molecule has 0 aromatic carbocycles. The molecule has 108 valence electrons. The standard InChI is InChI=1S/C11H19N5OS.ClH/c12-3-4-13-11(17)9-2-1-5-16(6-9)7-10-8-18-15-14-10;/h8-9H,1-7,12H2,(H,13,17);1H. The van der Waals surface area contributed by atoms with E-state index in [4.69, 9.17) is 5.73 Å². The number of likely N-dealkylation sites (tertiary alicyclic amines) is 1. The number of halogens is 1. The maximum absolute atomic E-state index is 11.9. The highest BCUT2D eigenvalue weighted by molar-refractivity contribution is 7.03. The van der Waals surface area contributed by atoms with Crippen LogP contribution in [0.2, 0.25) is 0 Å². The van der Waals surface area contributed by atoms with E-state index in [1.165, 1.54) is 11.5 Å². The third-order valence-corrected chi connectivity index (χ3v) is 3.66. The number of nitrogens with two attached hydrogens (primary N) is 1. The van der Waals surface area contributed by atoms with Crippen molar-refractivity contribution in [3.8, 4) is 0 Å². The summed E-state index contributed by atoms with van der Waals surface area (Å²) in [6, 6.07) is 0. The van der Waals surface area contributed by atoms with Crippen molar-refractivity contribution in [2.24, 2.45) is 11.7 Å². The van der Waals surface area contributed by atoms with Crippen LogP contribution >= 0.6 is 23.9 Å². The largest absolute Gasteiger partial charge is 0.355 e. The van der Waals surface area contributed by atoms with Gasteiger partial charge in [-0.3, -0.25) is 9.69 Å². The monoisotopic (exact) mass is 305 g/mol. The van der Waals surface area contributed by atoms with Gasteiger partial charge in [-0.1, -0.05) is 4.49 Å². The van der Waals surface area contributed by atoms with Crippen molar-refractivity contribution >= 4 is 29.8 Å². The van der Waals surface area contributed by atoms with Crippen LogP contribution in [0.5, 0.6) is 0 Å². The average molecular weight is 306 g/mol. The molecule has 3 N–H and O–H groups in total. The SMILES string of the molecule is Cl.NCCNC(=O)C1CCCN(Cc2csnn2)C1. The molecular formula is C11H20ClN5OS. The first-order valence-corrected chi connectivity index (χ1v) is 7.09. The summed E-state index contributed by atoms with van der Waals surface area (Å²) in [6.45, 7) is 3.67. The van der Waals surface area contributed by atoms with E-state index in [-0.39, 0.29) is 24.2 Å². The van der Waals surface area contributed by atoms with E-state index >= 15 is 0 Å². The van der Waals surface area contributed by atoms with Gasteiger partial charge in [0.15, 0.2) is 0 Å². The lowest BCUT2D eigenvalue weighted by Crippen LogP contribution is -2.43. The van der Waals surface area contributed by atoms with E-state index in [1.807, 2.05) is 5.38 Å². The molecule has 0 radical (unpaired) electrons. The molecule has 1 unspecified atom stereocenters. The lowest BCUT2D eigenvalue weighted by molar-refractivity contribution is -0.126. The van der Waals surface area contributed by atoms with Gasteiger partial charge in [-0.05, 0) is 30.9 Å². The van der Waals surface area contributed by atoms with Crippen molar-refractivity contribution in [3.63, 3.8) is 0 Å². The van der Waals surface area contributed by atoms with Crippen molar-refractivity contribution < 1.29 is 4.79 Å². The minimum absolute atomic E-state index is 0. The number of nitrogens with zero attached hydrogens (tertiary/aromatic N) is 3. The van der Waals surface area contributed by atoms with Crippen molar-refractivity contribution in [3.05, 3.63) is 11.1 Å². The van der Waals surface area contributed by atoms with E-state index < -0.39 is 0 Å². The molecule has 1 amide bonds. The van der Waals surface area contributed by atoms with Gasteiger partial charge in [0.1, 0.15) is 0 Å². The zero-order valence-electron chi connectivity index (χ0n) is 10.7. The Hall–Kier alpha value is -0.760. The van der Waals surface area contributed by atoms with Crippen LogP contribution in [0.25, 0.3) is 0 Å². The number of aromatic nitrogens is 2.